The Hall–Kier alpha value is -2.41. The third-order valence-electron chi connectivity index (χ3n) is 3.87. The fourth-order valence-electron chi connectivity index (χ4n) is 2.45. The minimum atomic E-state index is -1.02. The highest BCUT2D eigenvalue weighted by atomic mass is 16.4. The first-order valence-corrected chi connectivity index (χ1v) is 7.62. The summed E-state index contributed by atoms with van der Waals surface area (Å²) in [5, 5.41) is 11.5. The van der Waals surface area contributed by atoms with Crippen LogP contribution in [0.5, 0.6) is 0 Å². The number of nitrogens with zero attached hydrogens (tertiary/aromatic N) is 1. The van der Waals surface area contributed by atoms with Gasteiger partial charge in [0.25, 0.3) is 0 Å². The first-order chi connectivity index (χ1) is 11.0. The van der Waals surface area contributed by atoms with E-state index >= 15 is 0 Å². The number of hydrogen-bond acceptors (Lipinski definition) is 4. The molecule has 0 radical (unpaired) electrons. The van der Waals surface area contributed by atoms with Crippen molar-refractivity contribution in [1.29, 1.82) is 0 Å². The van der Waals surface area contributed by atoms with Gasteiger partial charge < -0.3 is 21.1 Å². The second-order valence-electron chi connectivity index (χ2n) is 5.65. The van der Waals surface area contributed by atoms with Crippen molar-refractivity contribution in [1.82, 2.24) is 4.90 Å². The van der Waals surface area contributed by atoms with Gasteiger partial charge in [-0.3, -0.25) is 9.59 Å². The SMILES string of the molecule is NC1CCN(C(=O)CCC(=O)Nc2ccc(C(=O)O)cc2)CC1. The second kappa shape index (κ2) is 7.73. The predicted molar refractivity (Wildman–Crippen MR) is 85.1 cm³/mol. The number of aromatic carboxylic acids is 1. The third kappa shape index (κ3) is 5.07. The van der Waals surface area contributed by atoms with E-state index in [-0.39, 0.29) is 36.3 Å². The average Bonchev–Trinajstić information content (AvgIpc) is 2.54. The zero-order chi connectivity index (χ0) is 16.8. The van der Waals surface area contributed by atoms with E-state index in [9.17, 15) is 14.4 Å². The number of nitrogens with one attached hydrogen (secondary N) is 1. The normalized spacial score (nSPS) is 15.3. The summed E-state index contributed by atoms with van der Waals surface area (Å²) in [6, 6.07) is 6.04. The quantitative estimate of drug-likeness (QED) is 0.751. The minimum Gasteiger partial charge on any atom is -0.478 e. The Morgan fingerprint density at radius 3 is 2.30 bits per heavy atom. The van der Waals surface area contributed by atoms with E-state index in [0.717, 1.165) is 12.8 Å². The van der Waals surface area contributed by atoms with Crippen molar-refractivity contribution in [3.8, 4) is 0 Å². The van der Waals surface area contributed by atoms with Crippen molar-refractivity contribution in [3.63, 3.8) is 0 Å². The Morgan fingerprint density at radius 1 is 1.13 bits per heavy atom. The van der Waals surface area contributed by atoms with Crippen LogP contribution in [0.25, 0.3) is 0 Å². The van der Waals surface area contributed by atoms with Crippen molar-refractivity contribution in [3.05, 3.63) is 29.8 Å². The molecule has 0 bridgehead atoms. The Balaban J connectivity index is 1.76. The van der Waals surface area contributed by atoms with Crippen molar-refractivity contribution >= 4 is 23.5 Å². The second-order valence-corrected chi connectivity index (χ2v) is 5.65. The van der Waals surface area contributed by atoms with Crippen LogP contribution in [0.15, 0.2) is 24.3 Å². The molecule has 1 fully saturated rings. The fourth-order valence-corrected chi connectivity index (χ4v) is 2.45. The standard InChI is InChI=1S/C16H21N3O4/c17-12-7-9-19(10-8-12)15(21)6-5-14(20)18-13-3-1-11(2-4-13)16(22)23/h1-4,12H,5-10,17H2,(H,18,20)(H,22,23). The van der Waals surface area contributed by atoms with Crippen LogP contribution in [0, 0.1) is 0 Å². The van der Waals surface area contributed by atoms with E-state index in [4.69, 9.17) is 10.8 Å². The van der Waals surface area contributed by atoms with Gasteiger partial charge in [-0.2, -0.15) is 0 Å². The van der Waals surface area contributed by atoms with E-state index in [1.54, 1.807) is 4.90 Å². The van der Waals surface area contributed by atoms with Gasteiger partial charge in [0.05, 0.1) is 5.56 Å². The van der Waals surface area contributed by atoms with Crippen LogP contribution in [0.4, 0.5) is 5.69 Å². The molecule has 7 heteroatoms. The Morgan fingerprint density at radius 2 is 1.74 bits per heavy atom. The zero-order valence-electron chi connectivity index (χ0n) is 12.8. The molecule has 7 nitrogen and oxygen atoms in total. The summed E-state index contributed by atoms with van der Waals surface area (Å²) in [7, 11) is 0. The van der Waals surface area contributed by atoms with Gasteiger partial charge in [-0.15, -0.1) is 0 Å². The van der Waals surface area contributed by atoms with Gasteiger partial charge in [0.15, 0.2) is 0 Å². The largest absolute Gasteiger partial charge is 0.478 e. The summed E-state index contributed by atoms with van der Waals surface area (Å²) in [5.74, 6) is -1.32. The van der Waals surface area contributed by atoms with Crippen LogP contribution in [0.1, 0.15) is 36.0 Å². The minimum absolute atomic E-state index is 0.0340. The van der Waals surface area contributed by atoms with Crippen molar-refractivity contribution < 1.29 is 19.5 Å². The van der Waals surface area contributed by atoms with E-state index in [1.165, 1.54) is 24.3 Å². The van der Waals surface area contributed by atoms with Gasteiger partial charge in [-0.1, -0.05) is 0 Å². The summed E-state index contributed by atoms with van der Waals surface area (Å²) < 4.78 is 0. The number of carboxylic acids is 1. The molecule has 23 heavy (non-hydrogen) atoms. The molecular formula is C16H21N3O4. The third-order valence-corrected chi connectivity index (χ3v) is 3.87. The smallest absolute Gasteiger partial charge is 0.335 e. The Bertz CT molecular complexity index is 577. The molecule has 1 aliphatic rings. The number of amides is 2. The molecule has 4 N–H and O–H groups in total. The van der Waals surface area contributed by atoms with Gasteiger partial charge in [0.2, 0.25) is 11.8 Å². The summed E-state index contributed by atoms with van der Waals surface area (Å²) in [5.41, 5.74) is 6.46. The van der Waals surface area contributed by atoms with Crippen LogP contribution in [-0.2, 0) is 9.59 Å². The predicted octanol–water partition coefficient (Wildman–Crippen LogP) is 1.05. The zero-order valence-corrected chi connectivity index (χ0v) is 12.8. The Kier molecular flexibility index (Phi) is 5.70. The number of carbonyl (C=O) groups excluding carboxylic acids is 2. The lowest BCUT2D eigenvalue weighted by Crippen LogP contribution is -2.43. The first kappa shape index (κ1) is 17.0. The molecule has 2 amide bonds. The summed E-state index contributed by atoms with van der Waals surface area (Å²) >= 11 is 0. The number of carboxylic acid groups (broad SMARTS) is 1. The molecule has 0 aliphatic carbocycles. The molecule has 0 saturated carbocycles. The van der Waals surface area contributed by atoms with Crippen LogP contribution < -0.4 is 11.1 Å². The molecule has 124 valence electrons. The number of nitrogens with two attached hydrogens (primary N) is 1. The van der Waals surface area contributed by atoms with E-state index in [0.29, 0.717) is 18.8 Å². The van der Waals surface area contributed by atoms with Crippen molar-refractivity contribution in [2.24, 2.45) is 5.73 Å². The lowest BCUT2D eigenvalue weighted by Gasteiger charge is -2.30. The monoisotopic (exact) mass is 319 g/mol. The molecule has 1 aliphatic heterocycles. The van der Waals surface area contributed by atoms with Crippen LogP contribution in [0.2, 0.25) is 0 Å². The number of hydrogen-bond donors (Lipinski definition) is 3. The summed E-state index contributed by atoms with van der Waals surface area (Å²) in [4.78, 5) is 36.4. The van der Waals surface area contributed by atoms with E-state index < -0.39 is 5.97 Å². The molecule has 1 aromatic carbocycles. The molecule has 0 atom stereocenters. The van der Waals surface area contributed by atoms with Crippen LogP contribution in [-0.4, -0.2) is 46.9 Å². The van der Waals surface area contributed by atoms with Crippen molar-refractivity contribution in [2.75, 3.05) is 18.4 Å². The lowest BCUT2D eigenvalue weighted by atomic mass is 10.1. The molecule has 0 unspecified atom stereocenters. The fraction of sp³-hybridized carbons (Fsp3) is 0.438. The van der Waals surface area contributed by atoms with E-state index in [1.807, 2.05) is 0 Å². The van der Waals surface area contributed by atoms with Gasteiger partial charge >= 0.3 is 5.97 Å². The number of benzene rings is 1. The van der Waals surface area contributed by atoms with Crippen LogP contribution >= 0.6 is 0 Å². The van der Waals surface area contributed by atoms with Crippen molar-refractivity contribution in [2.45, 2.75) is 31.7 Å². The number of piperidine rings is 1. The molecule has 2 rings (SSSR count). The lowest BCUT2D eigenvalue weighted by molar-refractivity contribution is -0.133. The van der Waals surface area contributed by atoms with Gasteiger partial charge in [0, 0.05) is 37.7 Å². The van der Waals surface area contributed by atoms with Crippen LogP contribution in [0.3, 0.4) is 0 Å². The summed E-state index contributed by atoms with van der Waals surface area (Å²) in [6.07, 6.45) is 1.86. The maximum atomic E-state index is 12.0. The molecule has 1 saturated heterocycles. The molecule has 1 aromatic rings. The number of likely N-dealkylation sites (tertiary alicyclic amines) is 1. The molecule has 1 heterocycles. The van der Waals surface area contributed by atoms with Gasteiger partial charge in [0.1, 0.15) is 0 Å². The number of rotatable bonds is 5. The van der Waals surface area contributed by atoms with Gasteiger partial charge in [-0.05, 0) is 37.1 Å². The van der Waals surface area contributed by atoms with E-state index in [2.05, 4.69) is 5.32 Å². The highest BCUT2D eigenvalue weighted by Crippen LogP contribution is 2.12. The maximum absolute atomic E-state index is 12.0. The Labute approximate surface area is 134 Å². The number of anilines is 1. The maximum Gasteiger partial charge on any atom is 0.335 e. The average molecular weight is 319 g/mol. The first-order valence-electron chi connectivity index (χ1n) is 7.62. The summed E-state index contributed by atoms with van der Waals surface area (Å²) in [6.45, 7) is 1.30. The molecule has 0 spiro atoms. The highest BCUT2D eigenvalue weighted by molar-refractivity contribution is 5.94. The molecule has 0 aromatic heterocycles. The van der Waals surface area contributed by atoms with Gasteiger partial charge in [-0.25, -0.2) is 4.79 Å². The topological polar surface area (TPSA) is 113 Å². The molecular weight excluding hydrogens is 298 g/mol. The highest BCUT2D eigenvalue weighted by Gasteiger charge is 2.20. The number of carbonyl (C=O) groups is 3.